The molecular weight excluding hydrogens is 1410 g/mol. The molecule has 6 aliphatic heterocycles. The molecule has 3 aromatic rings. The molecule has 0 spiro atoms. The number of benzene rings is 3. The summed E-state index contributed by atoms with van der Waals surface area (Å²) >= 11 is 24.0. The quantitative estimate of drug-likeness (QED) is 0.0828. The van der Waals surface area contributed by atoms with Crippen LogP contribution in [0.3, 0.4) is 0 Å². The van der Waals surface area contributed by atoms with Crippen LogP contribution >= 0.6 is 46.4 Å². The second-order valence-electron chi connectivity index (χ2n) is 29.9. The molecule has 9 fully saturated rings. The third-order valence-electron chi connectivity index (χ3n) is 21.6. The van der Waals surface area contributed by atoms with Crippen LogP contribution in [0.4, 0.5) is 4.79 Å². The molecule has 1 N–H and O–H groups in total. The predicted molar refractivity (Wildman–Crippen MR) is 392 cm³/mol. The van der Waals surface area contributed by atoms with E-state index >= 15 is 0 Å². The number of carbonyl (C=O) groups is 7. The standard InChI is InChI=1S/C26H38ClN3O4.C24H32ClN3O3.C23H30ClN3O3.C3H3ClO.V/c1-25(2,3)34-24(32)30-16-19(17-30)28-10-12-29(13-11-28)23(31)7-6-18-14-20(26(4)8-9-26)21(27)15-22(18)33-5;1-4-22(29)28-15-18(16-28)26-9-11-27(12-10-26)23(30)6-5-17-13-19(24(2)7-8-24)20(25)14-21(17)31-3;1-3-21(29)27-14-17(15-27)25-8-10-26(11-9-25)22(30)5-4-16-12-18(23(2)6-7-23)19(24)13-20(16)28;1-2-3(4)5;/h14-15,19H,6-13,16-17H2,1-5H3;4,13-14,18H,1,5-12,15-16H2,2-3H3;3,12-13,17,28H,1,4-11,14-15H2,2H3;2H,1H2;. The van der Waals surface area contributed by atoms with E-state index in [9.17, 15) is 38.7 Å². The van der Waals surface area contributed by atoms with E-state index in [0.29, 0.717) is 87.9 Å². The Kier molecular flexibility index (Phi) is 27.9. The van der Waals surface area contributed by atoms with E-state index in [2.05, 4.69) is 67.3 Å². The van der Waals surface area contributed by atoms with Crippen molar-refractivity contribution in [1.29, 1.82) is 0 Å². The minimum atomic E-state index is -0.509. The van der Waals surface area contributed by atoms with Crippen molar-refractivity contribution in [2.45, 2.75) is 159 Å². The maximum atomic E-state index is 12.9. The van der Waals surface area contributed by atoms with Crippen molar-refractivity contribution >= 4 is 87.3 Å². The fourth-order valence-corrected chi connectivity index (χ4v) is 15.0. The number of allylic oxidation sites excluding steroid dienone is 1. The number of nitrogens with zero attached hydrogens (tertiary/aromatic N) is 9. The first-order valence-electron chi connectivity index (χ1n) is 35.3. The molecule has 6 saturated heterocycles. The van der Waals surface area contributed by atoms with Gasteiger partial charge in [-0.2, -0.15) is 0 Å². The summed E-state index contributed by atoms with van der Waals surface area (Å²) in [5, 5.41) is 11.9. The maximum Gasteiger partial charge on any atom is 0.410 e. The number of halogens is 4. The summed E-state index contributed by atoms with van der Waals surface area (Å²) in [6, 6.07) is 12.8. The Morgan fingerprint density at radius 3 is 1.04 bits per heavy atom. The topological polar surface area (TPSA) is 197 Å². The Bertz CT molecular complexity index is 3520. The first-order chi connectivity index (χ1) is 47.4. The van der Waals surface area contributed by atoms with Crippen molar-refractivity contribution in [3.8, 4) is 17.2 Å². The zero-order chi connectivity index (χ0) is 72.6. The third kappa shape index (κ3) is 21.0. The molecule has 12 rings (SSSR count). The van der Waals surface area contributed by atoms with Gasteiger partial charge in [0.2, 0.25) is 34.8 Å². The van der Waals surface area contributed by atoms with Crippen molar-refractivity contribution in [2.75, 3.05) is 132 Å². The number of ether oxygens (including phenoxy) is 3. The number of aromatic hydroxyl groups is 1. The van der Waals surface area contributed by atoms with Crippen LogP contribution in [0.1, 0.15) is 133 Å². The molecule has 0 unspecified atom stereocenters. The zero-order valence-electron chi connectivity index (χ0n) is 60.3. The van der Waals surface area contributed by atoms with Crippen LogP contribution in [0.5, 0.6) is 17.2 Å². The molecule has 6 amide bonds. The van der Waals surface area contributed by atoms with Crippen LogP contribution in [-0.2, 0) is 87.6 Å². The largest absolute Gasteiger partial charge is 0.508 e. The summed E-state index contributed by atoms with van der Waals surface area (Å²) in [7, 11) is 3.30. The van der Waals surface area contributed by atoms with Gasteiger partial charge in [-0.05, 0) is 176 Å². The minimum absolute atomic E-state index is 0. The number of piperazine rings is 3. The first kappa shape index (κ1) is 80.9. The number of rotatable bonds is 20. The van der Waals surface area contributed by atoms with Crippen molar-refractivity contribution in [3.05, 3.63) is 123 Å². The molecule has 551 valence electrons. The average Bonchev–Trinajstić information content (AvgIpc) is 1.62. The number of phenolic OH excluding ortho intramolecular Hbond substituents is 1. The molecule has 3 aliphatic carbocycles. The Hall–Kier alpha value is -5.81. The molecule has 0 aromatic heterocycles. The fourth-order valence-electron chi connectivity index (χ4n) is 13.9. The van der Waals surface area contributed by atoms with Gasteiger partial charge < -0.3 is 48.7 Å². The summed E-state index contributed by atoms with van der Waals surface area (Å²) in [5.74, 6) is 2.18. The molecular formula is C76H103Cl4N9O11V. The van der Waals surface area contributed by atoms with E-state index in [4.69, 9.17) is 60.6 Å². The Morgan fingerprint density at radius 2 is 0.762 bits per heavy atom. The van der Waals surface area contributed by atoms with Gasteiger partial charge in [0.05, 0.1) is 14.2 Å². The van der Waals surface area contributed by atoms with Crippen molar-refractivity contribution in [2.24, 2.45) is 0 Å². The van der Waals surface area contributed by atoms with Crippen molar-refractivity contribution in [3.63, 3.8) is 0 Å². The minimum Gasteiger partial charge on any atom is -0.508 e. The molecule has 0 bridgehead atoms. The van der Waals surface area contributed by atoms with Gasteiger partial charge >= 0.3 is 6.09 Å². The fraction of sp³-hybridized carbons (Fsp3) is 0.592. The van der Waals surface area contributed by atoms with E-state index in [1.54, 1.807) is 30.1 Å². The van der Waals surface area contributed by atoms with Gasteiger partial charge in [0, 0.05) is 189 Å². The monoisotopic (exact) mass is 1510 g/mol. The van der Waals surface area contributed by atoms with Gasteiger partial charge in [-0.3, -0.25) is 43.5 Å². The van der Waals surface area contributed by atoms with Gasteiger partial charge in [0.15, 0.2) is 0 Å². The van der Waals surface area contributed by atoms with Crippen molar-refractivity contribution in [1.82, 2.24) is 44.1 Å². The number of phenols is 1. The molecule has 9 aliphatic rings. The molecule has 3 saturated carbocycles. The molecule has 1 radical (unpaired) electrons. The Morgan fingerprint density at radius 1 is 0.475 bits per heavy atom. The van der Waals surface area contributed by atoms with Gasteiger partial charge in [0.25, 0.3) is 0 Å². The van der Waals surface area contributed by atoms with Crippen LogP contribution in [-0.4, -0.2) is 246 Å². The summed E-state index contributed by atoms with van der Waals surface area (Å²) in [5.41, 5.74) is 6.34. The maximum absolute atomic E-state index is 12.9. The number of amides is 6. The number of aryl methyl sites for hydroxylation is 3. The number of carbonyl (C=O) groups excluding carboxylic acids is 7. The summed E-state index contributed by atoms with van der Waals surface area (Å²) in [6.07, 6.45) is 13.5. The van der Waals surface area contributed by atoms with Crippen LogP contribution in [0, 0.1) is 0 Å². The molecule has 6 heterocycles. The van der Waals surface area contributed by atoms with E-state index in [0.717, 1.165) is 180 Å². The van der Waals surface area contributed by atoms with Gasteiger partial charge in [-0.15, -0.1) is 0 Å². The number of likely N-dealkylation sites (tertiary alicyclic amines) is 3. The predicted octanol–water partition coefficient (Wildman–Crippen LogP) is 10.5. The van der Waals surface area contributed by atoms with Crippen LogP contribution < -0.4 is 9.47 Å². The van der Waals surface area contributed by atoms with Crippen LogP contribution in [0.2, 0.25) is 15.1 Å². The summed E-state index contributed by atoms with van der Waals surface area (Å²) < 4.78 is 16.5. The Labute approximate surface area is 629 Å². The molecule has 3 aromatic carbocycles. The number of hydrogen-bond acceptors (Lipinski definition) is 14. The number of methoxy groups -OCH3 is 2. The normalized spacial score (nSPS) is 20.0. The van der Waals surface area contributed by atoms with E-state index in [1.807, 2.05) is 58.6 Å². The van der Waals surface area contributed by atoms with Gasteiger partial charge in [0.1, 0.15) is 22.8 Å². The van der Waals surface area contributed by atoms with E-state index in [-0.39, 0.29) is 76.2 Å². The number of hydrogen-bond donors (Lipinski definition) is 1. The SMILES string of the molecule is C=CC(=O)Cl.C=CC(=O)N1CC(N2CCN(C(=O)CCc3cc(C4(C)CC4)c(Cl)cc3O)CC2)C1.C=CC(=O)N1CC(N2CCN(C(=O)CCc3cc(C4(C)CC4)c(Cl)cc3OC)CC2)C1.COc1cc(Cl)c(C2(C)CC2)cc1CCC(=O)N1CCN(C2CN(C(=O)OC(C)(C)C)C2)CC1.[V]. The van der Waals surface area contributed by atoms with Gasteiger partial charge in [-0.1, -0.05) is 93.5 Å². The van der Waals surface area contributed by atoms with E-state index in [1.165, 1.54) is 23.3 Å². The third-order valence-corrected chi connectivity index (χ3v) is 22.7. The summed E-state index contributed by atoms with van der Waals surface area (Å²) in [6.45, 7) is 36.3. The van der Waals surface area contributed by atoms with Crippen LogP contribution in [0.15, 0.2) is 74.4 Å². The van der Waals surface area contributed by atoms with E-state index < -0.39 is 10.8 Å². The molecule has 25 heteroatoms. The average molecular weight is 1510 g/mol. The summed E-state index contributed by atoms with van der Waals surface area (Å²) in [4.78, 5) is 102. The van der Waals surface area contributed by atoms with Crippen LogP contribution in [0.25, 0.3) is 0 Å². The molecule has 0 atom stereocenters. The zero-order valence-corrected chi connectivity index (χ0v) is 64.7. The second-order valence-corrected chi connectivity index (χ2v) is 31.5. The first-order valence-corrected chi connectivity index (χ1v) is 36.9. The second kappa shape index (κ2) is 34.9. The molecule has 20 nitrogen and oxygen atoms in total. The molecule has 101 heavy (non-hydrogen) atoms. The van der Waals surface area contributed by atoms with Crippen molar-refractivity contribution < 1.29 is 71.4 Å². The van der Waals surface area contributed by atoms with Gasteiger partial charge in [-0.25, -0.2) is 4.79 Å². The smallest absolute Gasteiger partial charge is 0.410 e. The Balaban J connectivity index is 0.000000185.